The topological polar surface area (TPSA) is 222 Å². The Balaban J connectivity index is 0.577. The maximum atomic E-state index is 13.4. The van der Waals surface area contributed by atoms with Gasteiger partial charge in [0, 0.05) is 116 Å². The van der Waals surface area contributed by atoms with E-state index in [0.717, 1.165) is 124 Å². The molecule has 3 aromatic carbocycles. The highest BCUT2D eigenvalue weighted by molar-refractivity contribution is 6.00. The highest BCUT2D eigenvalue weighted by atomic mass is 16.5. The summed E-state index contributed by atoms with van der Waals surface area (Å²) in [6, 6.07) is 24.2. The van der Waals surface area contributed by atoms with Crippen molar-refractivity contribution >= 4 is 40.5 Å². The van der Waals surface area contributed by atoms with E-state index in [2.05, 4.69) is 84.4 Å². The number of imidazole rings is 1. The second kappa shape index (κ2) is 27.0. The van der Waals surface area contributed by atoms with Crippen molar-refractivity contribution in [2.24, 2.45) is 14.1 Å². The maximum Gasteiger partial charge on any atom is 0.329 e. The number of piperazine rings is 1. The van der Waals surface area contributed by atoms with E-state index in [9.17, 15) is 24.0 Å². The first kappa shape index (κ1) is 55.7. The number of imide groups is 1. The van der Waals surface area contributed by atoms with Crippen LogP contribution in [0.1, 0.15) is 97.3 Å². The van der Waals surface area contributed by atoms with E-state index >= 15 is 0 Å². The van der Waals surface area contributed by atoms with Crippen molar-refractivity contribution in [3.8, 4) is 22.3 Å². The van der Waals surface area contributed by atoms with E-state index in [-0.39, 0.29) is 47.8 Å². The molecule has 2 aliphatic heterocycles. The number of nitrogens with one attached hydrogen (secondary N) is 3. The molecule has 1 unspecified atom stereocenters. The molecule has 3 atom stereocenters. The summed E-state index contributed by atoms with van der Waals surface area (Å²) >= 11 is 0. The third-order valence-corrected chi connectivity index (χ3v) is 15.2. The molecular weight excluding hydrogens is 991 g/mol. The largest absolute Gasteiger partial charge is 0.383 e. The number of aromatic nitrogens is 5. The smallest absolute Gasteiger partial charge is 0.329 e. The fourth-order valence-corrected chi connectivity index (χ4v) is 10.7. The zero-order chi connectivity index (χ0) is 54.4. The molecule has 3 aliphatic rings. The Morgan fingerprint density at radius 2 is 1.45 bits per heavy atom. The van der Waals surface area contributed by atoms with Crippen molar-refractivity contribution < 1.29 is 33.4 Å². The number of nitrogen functional groups attached to an aromatic ring is 1. The molecule has 3 fully saturated rings. The van der Waals surface area contributed by atoms with Crippen LogP contribution in [0, 0.1) is 0 Å². The number of rotatable bonds is 26. The highest BCUT2D eigenvalue weighted by Crippen LogP contribution is 2.28. The lowest BCUT2D eigenvalue weighted by Crippen LogP contribution is -2.46. The zero-order valence-corrected chi connectivity index (χ0v) is 45.1. The zero-order valence-electron chi connectivity index (χ0n) is 45.1. The summed E-state index contributed by atoms with van der Waals surface area (Å²) in [5.41, 5.74) is 15.1. The third-order valence-electron chi connectivity index (χ3n) is 15.2. The predicted molar refractivity (Wildman–Crippen MR) is 298 cm³/mol. The molecular formula is C59H75N11O8. The second-order valence-electron chi connectivity index (χ2n) is 20.9. The number of nitrogens with zero attached hydrogens (tertiary/aromatic N) is 7. The average Bonchev–Trinajstić information content (AvgIpc) is 4.35. The van der Waals surface area contributed by atoms with Crippen LogP contribution in [0.15, 0.2) is 96.2 Å². The van der Waals surface area contributed by atoms with Crippen LogP contribution in [0.2, 0.25) is 0 Å². The molecule has 1 aliphatic carbocycles. The third kappa shape index (κ3) is 14.8. The molecule has 0 spiro atoms. The molecule has 19 heteroatoms. The van der Waals surface area contributed by atoms with E-state index in [4.69, 9.17) is 19.9 Å². The van der Waals surface area contributed by atoms with Crippen molar-refractivity contribution in [3.05, 3.63) is 124 Å². The van der Waals surface area contributed by atoms with Crippen LogP contribution in [-0.2, 0) is 62.3 Å². The van der Waals surface area contributed by atoms with Gasteiger partial charge in [-0.3, -0.25) is 43.2 Å². The lowest BCUT2D eigenvalue weighted by molar-refractivity contribution is -0.135. The summed E-state index contributed by atoms with van der Waals surface area (Å²) in [5, 5.41) is 12.8. The number of carbonyl (C=O) groups is 4. The fourth-order valence-electron chi connectivity index (χ4n) is 10.7. The number of ether oxygens (including phenoxy) is 3. The van der Waals surface area contributed by atoms with Gasteiger partial charge in [0.05, 0.1) is 41.5 Å². The molecule has 5 N–H and O–H groups in total. The number of nitrogens with two attached hydrogens (primary N) is 1. The van der Waals surface area contributed by atoms with E-state index < -0.39 is 11.9 Å². The van der Waals surface area contributed by atoms with Crippen LogP contribution in [0.5, 0.6) is 0 Å². The first-order chi connectivity index (χ1) is 37.9. The summed E-state index contributed by atoms with van der Waals surface area (Å²) in [5.74, 6) is -0.707. The number of hydrogen-bond donors (Lipinski definition) is 4. The maximum absolute atomic E-state index is 13.4. The van der Waals surface area contributed by atoms with Crippen molar-refractivity contribution in [2.45, 2.75) is 102 Å². The summed E-state index contributed by atoms with van der Waals surface area (Å²) in [7, 11) is 3.55. The Morgan fingerprint density at radius 3 is 2.18 bits per heavy atom. The molecule has 4 amide bonds. The Labute approximate surface area is 455 Å². The van der Waals surface area contributed by atoms with Crippen LogP contribution >= 0.6 is 0 Å². The quantitative estimate of drug-likeness (QED) is 0.0379. The van der Waals surface area contributed by atoms with E-state index in [1.807, 2.05) is 31.4 Å². The minimum atomic E-state index is -0.694. The Morgan fingerprint density at radius 1 is 0.744 bits per heavy atom. The number of carbonyl (C=O) groups excluding carboxylic acids is 4. The fraction of sp³-hybridized carbons (Fsp3) is 0.475. The number of pyridine rings is 1. The lowest BCUT2D eigenvalue weighted by atomic mass is 10.0. The van der Waals surface area contributed by atoms with Crippen LogP contribution in [0.3, 0.4) is 0 Å². The first-order valence-corrected chi connectivity index (χ1v) is 27.7. The Bertz CT molecular complexity index is 3050. The molecule has 3 aromatic heterocycles. The molecule has 414 valence electrons. The molecule has 19 nitrogen and oxygen atoms in total. The van der Waals surface area contributed by atoms with Gasteiger partial charge >= 0.3 is 5.69 Å². The van der Waals surface area contributed by atoms with Gasteiger partial charge in [0.15, 0.2) is 0 Å². The average molecular weight is 1070 g/mol. The number of aryl methyl sites for hydroxylation is 3. The number of fused-ring (bicyclic) bond motifs is 1. The summed E-state index contributed by atoms with van der Waals surface area (Å²) in [6.45, 7) is 9.30. The van der Waals surface area contributed by atoms with Crippen molar-refractivity contribution in [1.82, 2.24) is 49.6 Å². The number of benzene rings is 3. The normalized spacial score (nSPS) is 18.2. The summed E-state index contributed by atoms with van der Waals surface area (Å²) < 4.78 is 22.7. The molecule has 1 saturated carbocycles. The SMILES string of the molecule is Cn1cc(-c2cnc(N)c(C(=O)N[C@H]3CCC[C@@H]3OCc3ccc(-c4ccc(CN5CCN(CCCC(=O)NCCCOCCCOCCCc6ccc7c(c6)n(C)c(=O)n7C6CCC(=O)NC6=O)CC5)cc4)cc3)c2)cn1. The second-order valence-corrected chi connectivity index (χ2v) is 20.9. The van der Waals surface area contributed by atoms with Gasteiger partial charge in [-0.1, -0.05) is 54.6 Å². The molecule has 5 heterocycles. The van der Waals surface area contributed by atoms with Gasteiger partial charge in [0.2, 0.25) is 17.7 Å². The van der Waals surface area contributed by atoms with Gasteiger partial charge in [0.25, 0.3) is 5.91 Å². The van der Waals surface area contributed by atoms with Gasteiger partial charge in [-0.15, -0.1) is 0 Å². The monoisotopic (exact) mass is 1070 g/mol. The van der Waals surface area contributed by atoms with Crippen molar-refractivity contribution in [2.75, 3.05) is 71.4 Å². The van der Waals surface area contributed by atoms with Crippen LogP contribution in [0.25, 0.3) is 33.3 Å². The van der Waals surface area contributed by atoms with Gasteiger partial charge in [-0.05, 0) is 110 Å². The molecule has 0 radical (unpaired) electrons. The van der Waals surface area contributed by atoms with E-state index in [0.29, 0.717) is 63.5 Å². The minimum absolute atomic E-state index is 0.0890. The molecule has 78 heavy (non-hydrogen) atoms. The van der Waals surface area contributed by atoms with Gasteiger partial charge in [-0.2, -0.15) is 5.10 Å². The van der Waals surface area contributed by atoms with Crippen molar-refractivity contribution in [3.63, 3.8) is 0 Å². The lowest BCUT2D eigenvalue weighted by Gasteiger charge is -2.34. The number of amides is 4. The minimum Gasteiger partial charge on any atom is -0.383 e. The van der Waals surface area contributed by atoms with Gasteiger partial charge in [-0.25, -0.2) is 9.78 Å². The molecule has 0 bridgehead atoms. The number of hydrogen-bond acceptors (Lipinski definition) is 13. The van der Waals surface area contributed by atoms with E-state index in [1.54, 1.807) is 34.8 Å². The van der Waals surface area contributed by atoms with Crippen LogP contribution in [-0.4, -0.2) is 135 Å². The summed E-state index contributed by atoms with van der Waals surface area (Å²) in [6.07, 6.45) is 12.9. The number of piperidine rings is 1. The van der Waals surface area contributed by atoms with Crippen molar-refractivity contribution in [1.29, 1.82) is 0 Å². The molecule has 9 rings (SSSR count). The predicted octanol–water partition coefficient (Wildman–Crippen LogP) is 5.69. The molecule has 2 saturated heterocycles. The Hall–Kier alpha value is -7.03. The first-order valence-electron chi connectivity index (χ1n) is 27.7. The number of anilines is 1. The van der Waals surface area contributed by atoms with Crippen LogP contribution in [0.4, 0.5) is 5.82 Å². The molecule has 6 aromatic rings. The van der Waals surface area contributed by atoms with E-state index in [1.165, 1.54) is 15.7 Å². The highest BCUT2D eigenvalue weighted by Gasteiger charge is 2.32. The van der Waals surface area contributed by atoms with Gasteiger partial charge in [0.1, 0.15) is 11.9 Å². The summed E-state index contributed by atoms with van der Waals surface area (Å²) in [4.78, 5) is 72.3. The van der Waals surface area contributed by atoms with Crippen LogP contribution < -0.4 is 27.4 Å². The Kier molecular flexibility index (Phi) is 19.3. The van der Waals surface area contributed by atoms with Gasteiger partial charge < -0.3 is 35.5 Å². The standard InChI is InChI=1S/C59H75N11O8/c1-66-39-47(37-63-66)46-35-48(56(60)62-36-46)57(73)64-49-9-3-10-53(49)78-40-43-14-19-45(20-15-43)44-17-12-42(13-18-44)38-69-28-26-68(27-29-69)25-4-11-54(71)61-24-6-31-77-33-7-32-76-30-5-8-41-16-21-50-52(34-41)67(2)59(75)70(50)51-22-23-55(72)65-58(51)74/h12-21,34-37,39,49,51,53H,3-11,22-33,38,40H2,1-2H3,(H2,60,62)(H,61,71)(H,64,73)(H,65,72,74)/t49-,51?,53-/m0/s1.